The fraction of sp³-hybridized carbons (Fsp3) is 0.385. The van der Waals surface area contributed by atoms with Gasteiger partial charge in [-0.05, 0) is 40.5 Å². The summed E-state index contributed by atoms with van der Waals surface area (Å²) in [5, 5.41) is 11.6. The first-order valence-corrected chi connectivity index (χ1v) is 6.58. The van der Waals surface area contributed by atoms with Crippen molar-refractivity contribution >= 4 is 33.5 Å². The molecule has 0 aliphatic rings. The molecule has 0 radical (unpaired) electrons. The number of benzene rings is 1. The molecule has 0 aliphatic heterocycles. The van der Waals surface area contributed by atoms with Crippen LogP contribution in [-0.4, -0.2) is 17.0 Å². The Morgan fingerprint density at radius 3 is 2.61 bits per heavy atom. The zero-order chi connectivity index (χ0) is 13.7. The molecule has 0 fully saturated rings. The number of aromatic carboxylic acids is 1. The van der Waals surface area contributed by atoms with E-state index in [1.54, 1.807) is 6.07 Å². The van der Waals surface area contributed by atoms with Crippen LogP contribution < -0.4 is 5.32 Å². The van der Waals surface area contributed by atoms with Crippen LogP contribution in [0.4, 0.5) is 5.69 Å². The number of carboxylic acids is 1. The van der Waals surface area contributed by atoms with Crippen molar-refractivity contribution in [2.75, 3.05) is 5.32 Å². The molecule has 1 atom stereocenters. The number of anilines is 1. The van der Waals surface area contributed by atoms with Crippen LogP contribution in [0.25, 0.3) is 0 Å². The van der Waals surface area contributed by atoms with Crippen LogP contribution >= 0.6 is 15.9 Å². The highest BCUT2D eigenvalue weighted by Crippen LogP contribution is 2.24. The highest BCUT2D eigenvalue weighted by atomic mass is 79.9. The number of carbonyl (C=O) groups is 2. The summed E-state index contributed by atoms with van der Waals surface area (Å²) in [5.74, 6) is -1.10. The molecule has 1 aromatic rings. The summed E-state index contributed by atoms with van der Waals surface area (Å²) in [6.45, 7) is 3.90. The Balaban J connectivity index is 2.79. The van der Waals surface area contributed by atoms with Crippen LogP contribution in [0, 0.1) is 5.92 Å². The molecule has 2 N–H and O–H groups in total. The van der Waals surface area contributed by atoms with Crippen molar-refractivity contribution in [2.45, 2.75) is 26.7 Å². The number of amides is 1. The molecule has 0 spiro atoms. The molecular weight excluding hydrogens is 298 g/mol. The maximum absolute atomic E-state index is 11.8. The largest absolute Gasteiger partial charge is 0.478 e. The van der Waals surface area contributed by atoms with E-state index in [0.29, 0.717) is 10.2 Å². The maximum Gasteiger partial charge on any atom is 0.335 e. The molecule has 0 heterocycles. The Kier molecular flexibility index (Phi) is 5.34. The second kappa shape index (κ2) is 6.54. The van der Waals surface area contributed by atoms with Crippen LogP contribution in [-0.2, 0) is 4.79 Å². The van der Waals surface area contributed by atoms with E-state index in [4.69, 9.17) is 5.11 Å². The normalized spacial score (nSPS) is 11.9. The molecule has 1 aromatic carbocycles. The fourth-order valence-corrected chi connectivity index (χ4v) is 2.05. The molecule has 0 bridgehead atoms. The zero-order valence-electron chi connectivity index (χ0n) is 10.4. The maximum atomic E-state index is 11.8. The minimum absolute atomic E-state index is 0.0546. The summed E-state index contributed by atoms with van der Waals surface area (Å²) in [5.41, 5.74) is 0.773. The van der Waals surface area contributed by atoms with Gasteiger partial charge in [0.1, 0.15) is 0 Å². The third kappa shape index (κ3) is 3.84. The van der Waals surface area contributed by atoms with Gasteiger partial charge in [0.15, 0.2) is 0 Å². The summed E-state index contributed by atoms with van der Waals surface area (Å²) < 4.78 is 0.569. The van der Waals surface area contributed by atoms with Crippen molar-refractivity contribution in [3.63, 3.8) is 0 Å². The first kappa shape index (κ1) is 14.7. The molecular formula is C13H16BrNO3. The topological polar surface area (TPSA) is 66.4 Å². The zero-order valence-corrected chi connectivity index (χ0v) is 12.0. The van der Waals surface area contributed by atoms with Gasteiger partial charge in [-0.15, -0.1) is 0 Å². The highest BCUT2D eigenvalue weighted by molar-refractivity contribution is 9.10. The van der Waals surface area contributed by atoms with Gasteiger partial charge in [0.2, 0.25) is 5.91 Å². The SMILES string of the molecule is CCCC(C)C(=O)Nc1ccc(C(=O)O)cc1Br. The van der Waals surface area contributed by atoms with Crippen LogP contribution in [0.2, 0.25) is 0 Å². The molecule has 0 saturated heterocycles. The predicted octanol–water partition coefficient (Wildman–Crippen LogP) is 3.52. The molecule has 98 valence electrons. The number of hydrogen-bond acceptors (Lipinski definition) is 2. The van der Waals surface area contributed by atoms with E-state index < -0.39 is 5.97 Å². The van der Waals surface area contributed by atoms with Crippen molar-refractivity contribution in [3.05, 3.63) is 28.2 Å². The quantitative estimate of drug-likeness (QED) is 0.874. The second-order valence-corrected chi connectivity index (χ2v) is 5.03. The smallest absolute Gasteiger partial charge is 0.335 e. The van der Waals surface area contributed by atoms with Gasteiger partial charge >= 0.3 is 5.97 Å². The van der Waals surface area contributed by atoms with E-state index in [2.05, 4.69) is 21.2 Å². The van der Waals surface area contributed by atoms with Crippen molar-refractivity contribution < 1.29 is 14.7 Å². The van der Waals surface area contributed by atoms with Gasteiger partial charge in [-0.25, -0.2) is 4.79 Å². The Bertz CT molecular complexity index is 460. The number of carboxylic acid groups (broad SMARTS) is 1. The van der Waals surface area contributed by atoms with Gasteiger partial charge in [0.05, 0.1) is 11.3 Å². The first-order chi connectivity index (χ1) is 8.45. The minimum Gasteiger partial charge on any atom is -0.478 e. The number of hydrogen-bond donors (Lipinski definition) is 2. The van der Waals surface area contributed by atoms with E-state index in [9.17, 15) is 9.59 Å². The van der Waals surface area contributed by atoms with Crippen LogP contribution in [0.5, 0.6) is 0 Å². The number of nitrogens with one attached hydrogen (secondary N) is 1. The van der Waals surface area contributed by atoms with E-state index in [1.807, 2.05) is 13.8 Å². The van der Waals surface area contributed by atoms with Crippen molar-refractivity contribution in [3.8, 4) is 0 Å². The van der Waals surface area contributed by atoms with Gasteiger partial charge in [-0.1, -0.05) is 20.3 Å². The van der Waals surface area contributed by atoms with E-state index in [0.717, 1.165) is 12.8 Å². The average molecular weight is 314 g/mol. The predicted molar refractivity (Wildman–Crippen MR) is 73.8 cm³/mol. The van der Waals surface area contributed by atoms with Gasteiger partial charge in [0, 0.05) is 10.4 Å². The average Bonchev–Trinajstić information content (AvgIpc) is 2.31. The molecule has 18 heavy (non-hydrogen) atoms. The number of halogens is 1. The third-order valence-electron chi connectivity index (χ3n) is 2.64. The summed E-state index contributed by atoms with van der Waals surface area (Å²) in [6, 6.07) is 4.53. The Morgan fingerprint density at radius 2 is 2.11 bits per heavy atom. The van der Waals surface area contributed by atoms with Gasteiger partial charge in [-0.2, -0.15) is 0 Å². The van der Waals surface area contributed by atoms with E-state index >= 15 is 0 Å². The van der Waals surface area contributed by atoms with Crippen molar-refractivity contribution in [1.82, 2.24) is 0 Å². The van der Waals surface area contributed by atoms with Gasteiger partial charge in [0.25, 0.3) is 0 Å². The van der Waals surface area contributed by atoms with Crippen LogP contribution in [0.3, 0.4) is 0 Å². The highest BCUT2D eigenvalue weighted by Gasteiger charge is 2.14. The molecule has 0 saturated carbocycles. The number of carbonyl (C=O) groups excluding carboxylic acids is 1. The lowest BCUT2D eigenvalue weighted by Gasteiger charge is -2.12. The van der Waals surface area contributed by atoms with Crippen molar-refractivity contribution in [2.24, 2.45) is 5.92 Å². The molecule has 1 amide bonds. The molecule has 1 rings (SSSR count). The lowest BCUT2D eigenvalue weighted by molar-refractivity contribution is -0.119. The number of rotatable bonds is 5. The Morgan fingerprint density at radius 1 is 1.44 bits per heavy atom. The standard InChI is InChI=1S/C13H16BrNO3/c1-3-4-8(2)12(16)15-11-6-5-9(13(17)18)7-10(11)14/h5-8H,3-4H2,1-2H3,(H,15,16)(H,17,18). The van der Waals surface area contributed by atoms with Gasteiger partial charge < -0.3 is 10.4 Å². The summed E-state index contributed by atoms with van der Waals surface area (Å²) >= 11 is 3.25. The third-order valence-corrected chi connectivity index (χ3v) is 3.30. The molecule has 0 aromatic heterocycles. The minimum atomic E-state index is -0.993. The monoisotopic (exact) mass is 313 g/mol. The molecule has 5 heteroatoms. The van der Waals surface area contributed by atoms with E-state index in [1.165, 1.54) is 12.1 Å². The van der Waals surface area contributed by atoms with Gasteiger partial charge in [-0.3, -0.25) is 4.79 Å². The second-order valence-electron chi connectivity index (χ2n) is 4.18. The lowest BCUT2D eigenvalue weighted by atomic mass is 10.1. The first-order valence-electron chi connectivity index (χ1n) is 5.79. The summed E-state index contributed by atoms with van der Waals surface area (Å²) in [7, 11) is 0. The molecule has 4 nitrogen and oxygen atoms in total. The fourth-order valence-electron chi connectivity index (χ4n) is 1.57. The van der Waals surface area contributed by atoms with Crippen molar-refractivity contribution in [1.29, 1.82) is 0 Å². The Hall–Kier alpha value is -1.36. The molecule has 1 unspecified atom stereocenters. The summed E-state index contributed by atoms with van der Waals surface area (Å²) in [6.07, 6.45) is 1.78. The Labute approximate surface area is 115 Å². The lowest BCUT2D eigenvalue weighted by Crippen LogP contribution is -2.20. The molecule has 0 aliphatic carbocycles. The van der Waals surface area contributed by atoms with Crippen LogP contribution in [0.1, 0.15) is 37.0 Å². The van der Waals surface area contributed by atoms with E-state index in [-0.39, 0.29) is 17.4 Å². The van der Waals surface area contributed by atoms with Crippen LogP contribution in [0.15, 0.2) is 22.7 Å². The summed E-state index contributed by atoms with van der Waals surface area (Å²) in [4.78, 5) is 22.6.